The lowest BCUT2D eigenvalue weighted by Gasteiger charge is -2.14. The number of rotatable bonds is 7. The molecule has 2 aromatic carbocycles. The Morgan fingerprint density at radius 1 is 1.06 bits per heavy atom. The monoisotopic (exact) mass is 454 g/mol. The summed E-state index contributed by atoms with van der Waals surface area (Å²) in [4.78, 5) is 22.7. The van der Waals surface area contributed by atoms with Crippen LogP contribution in [0, 0.1) is 0 Å². The number of amides is 2. The number of urea groups is 1. The molecule has 0 fully saturated rings. The second-order valence-electron chi connectivity index (χ2n) is 7.63. The number of hydrogen-bond acceptors (Lipinski definition) is 7. The fraction of sp³-hybridized carbons (Fsp3) is 0.227. The van der Waals surface area contributed by atoms with Crippen LogP contribution in [0.15, 0.2) is 54.6 Å². The van der Waals surface area contributed by atoms with Crippen molar-refractivity contribution in [2.24, 2.45) is 0 Å². The van der Waals surface area contributed by atoms with Crippen molar-refractivity contribution in [1.29, 1.82) is 0 Å². The van der Waals surface area contributed by atoms with E-state index in [2.05, 4.69) is 20.6 Å². The predicted octanol–water partition coefficient (Wildman–Crippen LogP) is 2.66. The Bertz CT molecular complexity index is 1210. The zero-order valence-corrected chi connectivity index (χ0v) is 19.0. The van der Waals surface area contributed by atoms with Gasteiger partial charge in [-0.05, 0) is 42.0 Å². The van der Waals surface area contributed by atoms with Crippen LogP contribution < -0.4 is 21.3 Å². The Labute approximate surface area is 187 Å². The number of nitrogens with one attached hydrogen (secondary N) is 2. The largest absolute Gasteiger partial charge is 0.384 e. The summed E-state index contributed by atoms with van der Waals surface area (Å²) in [6, 6.07) is 15.9. The van der Waals surface area contributed by atoms with E-state index in [-0.39, 0.29) is 17.6 Å². The van der Waals surface area contributed by atoms with Crippen LogP contribution in [0.2, 0.25) is 0 Å². The summed E-state index contributed by atoms with van der Waals surface area (Å²) in [5, 5.41) is 5.61. The number of hydrogen-bond donors (Lipinski definition) is 3. The number of carbonyl (C=O) groups is 1. The minimum atomic E-state index is -3.25. The molecule has 0 bridgehead atoms. The lowest BCUT2D eigenvalue weighted by Crippen LogP contribution is -2.28. The van der Waals surface area contributed by atoms with E-state index in [1.54, 1.807) is 24.3 Å². The summed E-state index contributed by atoms with van der Waals surface area (Å²) >= 11 is 0. The first-order valence-corrected chi connectivity index (χ1v) is 11.9. The predicted molar refractivity (Wildman–Crippen MR) is 127 cm³/mol. The Balaban J connectivity index is 1.63. The number of aromatic nitrogens is 2. The van der Waals surface area contributed by atoms with Gasteiger partial charge in [-0.3, -0.25) is 0 Å². The second kappa shape index (κ2) is 9.65. The lowest BCUT2D eigenvalue weighted by atomic mass is 10.2. The number of benzene rings is 2. The van der Waals surface area contributed by atoms with Crippen LogP contribution in [-0.2, 0) is 22.1 Å². The molecule has 1 heterocycles. The van der Waals surface area contributed by atoms with Gasteiger partial charge in [0, 0.05) is 49.9 Å². The molecule has 0 spiro atoms. The van der Waals surface area contributed by atoms with Gasteiger partial charge in [-0.1, -0.05) is 12.1 Å². The molecular formula is C22H26N6O3S. The molecule has 4 N–H and O–H groups in total. The van der Waals surface area contributed by atoms with Gasteiger partial charge < -0.3 is 21.3 Å². The molecule has 0 saturated heterocycles. The van der Waals surface area contributed by atoms with Crippen molar-refractivity contribution in [3.8, 4) is 11.4 Å². The van der Waals surface area contributed by atoms with Crippen molar-refractivity contribution in [2.45, 2.75) is 12.3 Å². The summed E-state index contributed by atoms with van der Waals surface area (Å²) in [6.07, 6.45) is 1.13. The standard InChI is InChI=1S/C22H26N6O3S/c1-28(2)19-6-4-5-15(11-19)13-24-22(29)26-17-9-7-16(8-10-17)21-25-18(12-20(23)27-21)14-32(3,30)31/h4-12H,13-14H2,1-3H3,(H2,23,25,27)(H2,24,26,29). The maximum absolute atomic E-state index is 12.3. The summed E-state index contributed by atoms with van der Waals surface area (Å²) in [5.41, 5.74) is 9.43. The van der Waals surface area contributed by atoms with E-state index < -0.39 is 9.84 Å². The SMILES string of the molecule is CN(C)c1cccc(CNC(=O)Nc2ccc(-c3nc(N)cc(CS(C)(=O)=O)n3)cc2)c1. The summed E-state index contributed by atoms with van der Waals surface area (Å²) < 4.78 is 23.1. The highest BCUT2D eigenvalue weighted by Crippen LogP contribution is 2.20. The minimum Gasteiger partial charge on any atom is -0.384 e. The molecule has 9 nitrogen and oxygen atoms in total. The molecule has 0 aliphatic rings. The number of sulfone groups is 1. The van der Waals surface area contributed by atoms with E-state index in [1.165, 1.54) is 6.07 Å². The average Bonchev–Trinajstić information content (AvgIpc) is 2.71. The van der Waals surface area contributed by atoms with E-state index in [0.29, 0.717) is 29.3 Å². The maximum Gasteiger partial charge on any atom is 0.319 e. The molecule has 0 saturated carbocycles. The lowest BCUT2D eigenvalue weighted by molar-refractivity contribution is 0.251. The normalized spacial score (nSPS) is 11.1. The Hall–Kier alpha value is -3.66. The van der Waals surface area contributed by atoms with Crippen LogP contribution in [0.4, 0.5) is 22.0 Å². The first-order chi connectivity index (χ1) is 15.1. The van der Waals surface area contributed by atoms with Crippen molar-refractivity contribution >= 4 is 33.1 Å². The molecule has 3 rings (SSSR count). The summed E-state index contributed by atoms with van der Waals surface area (Å²) in [6.45, 7) is 0.395. The van der Waals surface area contributed by atoms with Crippen LogP contribution in [0.25, 0.3) is 11.4 Å². The summed E-state index contributed by atoms with van der Waals surface area (Å²) in [5.74, 6) is 0.290. The fourth-order valence-electron chi connectivity index (χ4n) is 3.00. The average molecular weight is 455 g/mol. The van der Waals surface area contributed by atoms with Crippen LogP contribution in [-0.4, -0.2) is 44.8 Å². The van der Waals surface area contributed by atoms with Crippen molar-refractivity contribution in [3.05, 3.63) is 65.9 Å². The first kappa shape index (κ1) is 23.0. The van der Waals surface area contributed by atoms with Crippen molar-refractivity contribution < 1.29 is 13.2 Å². The van der Waals surface area contributed by atoms with E-state index in [1.807, 2.05) is 43.3 Å². The van der Waals surface area contributed by atoms with Gasteiger partial charge in [-0.2, -0.15) is 0 Å². The molecule has 0 aliphatic heterocycles. The van der Waals surface area contributed by atoms with Gasteiger partial charge in [0.05, 0.1) is 11.4 Å². The molecule has 2 amide bonds. The quantitative estimate of drug-likeness (QED) is 0.500. The highest BCUT2D eigenvalue weighted by atomic mass is 32.2. The zero-order chi connectivity index (χ0) is 23.3. The molecule has 0 atom stereocenters. The third-order valence-corrected chi connectivity index (χ3v) is 5.31. The number of carbonyl (C=O) groups excluding carboxylic acids is 1. The molecule has 0 radical (unpaired) electrons. The van der Waals surface area contributed by atoms with Gasteiger partial charge in [0.15, 0.2) is 15.7 Å². The van der Waals surface area contributed by atoms with Crippen LogP contribution >= 0.6 is 0 Å². The van der Waals surface area contributed by atoms with E-state index in [9.17, 15) is 13.2 Å². The van der Waals surface area contributed by atoms with E-state index in [0.717, 1.165) is 17.5 Å². The molecular weight excluding hydrogens is 428 g/mol. The maximum atomic E-state index is 12.3. The Morgan fingerprint density at radius 2 is 1.78 bits per heavy atom. The van der Waals surface area contributed by atoms with E-state index in [4.69, 9.17) is 5.73 Å². The highest BCUT2D eigenvalue weighted by molar-refractivity contribution is 7.89. The van der Waals surface area contributed by atoms with Crippen molar-refractivity contribution in [3.63, 3.8) is 0 Å². The Morgan fingerprint density at radius 3 is 2.44 bits per heavy atom. The molecule has 10 heteroatoms. The molecule has 0 unspecified atom stereocenters. The van der Waals surface area contributed by atoms with Gasteiger partial charge in [0.2, 0.25) is 0 Å². The van der Waals surface area contributed by atoms with Crippen LogP contribution in [0.5, 0.6) is 0 Å². The number of nitrogen functional groups attached to an aromatic ring is 1. The van der Waals surface area contributed by atoms with Crippen molar-refractivity contribution in [2.75, 3.05) is 36.3 Å². The number of nitrogens with two attached hydrogens (primary N) is 1. The smallest absolute Gasteiger partial charge is 0.319 e. The molecule has 1 aromatic heterocycles. The van der Waals surface area contributed by atoms with Crippen LogP contribution in [0.3, 0.4) is 0 Å². The van der Waals surface area contributed by atoms with Gasteiger partial charge in [0.25, 0.3) is 0 Å². The summed E-state index contributed by atoms with van der Waals surface area (Å²) in [7, 11) is 0.677. The molecule has 168 valence electrons. The topological polar surface area (TPSA) is 130 Å². The first-order valence-electron chi connectivity index (χ1n) is 9.82. The second-order valence-corrected chi connectivity index (χ2v) is 9.77. The fourth-order valence-corrected chi connectivity index (χ4v) is 3.68. The number of nitrogens with zero attached hydrogens (tertiary/aromatic N) is 3. The Kier molecular flexibility index (Phi) is 6.94. The van der Waals surface area contributed by atoms with Gasteiger partial charge in [0.1, 0.15) is 5.82 Å². The highest BCUT2D eigenvalue weighted by Gasteiger charge is 2.11. The van der Waals surface area contributed by atoms with Gasteiger partial charge >= 0.3 is 6.03 Å². The molecule has 3 aromatic rings. The number of anilines is 3. The van der Waals surface area contributed by atoms with Gasteiger partial charge in [-0.25, -0.2) is 23.2 Å². The minimum absolute atomic E-state index is 0.188. The van der Waals surface area contributed by atoms with Crippen LogP contribution in [0.1, 0.15) is 11.3 Å². The van der Waals surface area contributed by atoms with Gasteiger partial charge in [-0.15, -0.1) is 0 Å². The zero-order valence-electron chi connectivity index (χ0n) is 18.2. The van der Waals surface area contributed by atoms with E-state index >= 15 is 0 Å². The molecule has 32 heavy (non-hydrogen) atoms. The van der Waals surface area contributed by atoms with Crippen molar-refractivity contribution in [1.82, 2.24) is 15.3 Å². The third kappa shape index (κ3) is 6.67. The molecule has 0 aliphatic carbocycles. The third-order valence-electron chi connectivity index (χ3n) is 4.49.